The standard InChI is InChI=1S/C21H34O5Si/c1-9-17-18(24-14-15-10-12-16(22-5)13-11-15)19(20(23-6)25-17)26-27(7,8)21(2,3)4/h9-13,17-20H,1,14H2,2-8H3/t17-,18-,19-,20-/m1/s1. The molecule has 0 aromatic heterocycles. The van der Waals surface area contributed by atoms with Crippen LogP contribution in [0.5, 0.6) is 5.75 Å². The summed E-state index contributed by atoms with van der Waals surface area (Å²) < 4.78 is 29.6. The van der Waals surface area contributed by atoms with Gasteiger partial charge in [0.2, 0.25) is 0 Å². The second kappa shape index (κ2) is 8.88. The van der Waals surface area contributed by atoms with E-state index in [0.717, 1.165) is 11.3 Å². The molecule has 0 spiro atoms. The molecule has 1 saturated heterocycles. The Hall–Kier alpha value is -1.18. The van der Waals surface area contributed by atoms with Gasteiger partial charge in [0, 0.05) is 7.11 Å². The summed E-state index contributed by atoms with van der Waals surface area (Å²) in [5.74, 6) is 0.825. The topological polar surface area (TPSA) is 46.2 Å². The Labute approximate surface area is 164 Å². The van der Waals surface area contributed by atoms with Crippen LogP contribution < -0.4 is 4.74 Å². The molecule has 0 N–H and O–H groups in total. The summed E-state index contributed by atoms with van der Waals surface area (Å²) in [5, 5.41) is 0.0814. The molecule has 1 aliphatic heterocycles. The predicted octanol–water partition coefficient (Wildman–Crippen LogP) is 4.53. The number of methoxy groups -OCH3 is 2. The van der Waals surface area contributed by atoms with Crippen molar-refractivity contribution in [3.8, 4) is 5.75 Å². The van der Waals surface area contributed by atoms with Crippen molar-refractivity contribution in [1.29, 1.82) is 0 Å². The van der Waals surface area contributed by atoms with Crippen LogP contribution in [-0.4, -0.2) is 47.1 Å². The molecule has 0 bridgehead atoms. The van der Waals surface area contributed by atoms with Crippen molar-refractivity contribution in [3.05, 3.63) is 42.5 Å². The normalized spacial score (nSPS) is 26.2. The maximum absolute atomic E-state index is 6.63. The van der Waals surface area contributed by atoms with Crippen LogP contribution in [0.4, 0.5) is 0 Å². The van der Waals surface area contributed by atoms with E-state index in [1.54, 1.807) is 20.3 Å². The highest BCUT2D eigenvalue weighted by Gasteiger charge is 2.50. The maximum Gasteiger partial charge on any atom is 0.192 e. The van der Waals surface area contributed by atoms with Gasteiger partial charge in [-0.3, -0.25) is 0 Å². The smallest absolute Gasteiger partial charge is 0.192 e. The molecule has 0 amide bonds. The van der Waals surface area contributed by atoms with Crippen LogP contribution in [0.3, 0.4) is 0 Å². The van der Waals surface area contributed by atoms with Crippen LogP contribution in [0, 0.1) is 0 Å². The molecule has 152 valence electrons. The molecule has 0 saturated carbocycles. The number of hydrogen-bond acceptors (Lipinski definition) is 5. The molecule has 27 heavy (non-hydrogen) atoms. The van der Waals surface area contributed by atoms with Gasteiger partial charge in [-0.05, 0) is 35.8 Å². The third kappa shape index (κ3) is 5.21. The van der Waals surface area contributed by atoms with E-state index in [4.69, 9.17) is 23.4 Å². The van der Waals surface area contributed by atoms with Gasteiger partial charge in [0.1, 0.15) is 24.1 Å². The van der Waals surface area contributed by atoms with Crippen molar-refractivity contribution in [2.45, 2.75) is 70.1 Å². The van der Waals surface area contributed by atoms with Crippen molar-refractivity contribution < 1.29 is 23.4 Å². The fourth-order valence-corrected chi connectivity index (χ4v) is 4.05. The molecule has 4 atom stereocenters. The second-order valence-corrected chi connectivity index (χ2v) is 13.2. The molecular weight excluding hydrogens is 360 g/mol. The molecule has 1 heterocycles. The van der Waals surface area contributed by atoms with Crippen molar-refractivity contribution >= 4 is 8.32 Å². The SMILES string of the molecule is C=C[C@H]1O[C@@H](OC)[C@H](O[Si](C)(C)C(C)(C)C)[C@@H]1OCc1ccc(OC)cc1. The molecule has 0 unspecified atom stereocenters. The minimum Gasteiger partial charge on any atom is -0.497 e. The van der Waals surface area contributed by atoms with Crippen LogP contribution in [0.1, 0.15) is 26.3 Å². The highest BCUT2D eigenvalue weighted by atomic mass is 28.4. The van der Waals surface area contributed by atoms with Gasteiger partial charge in [-0.25, -0.2) is 0 Å². The van der Waals surface area contributed by atoms with E-state index in [9.17, 15) is 0 Å². The van der Waals surface area contributed by atoms with E-state index >= 15 is 0 Å². The molecule has 1 aromatic carbocycles. The van der Waals surface area contributed by atoms with Gasteiger partial charge < -0.3 is 23.4 Å². The first-order valence-electron chi connectivity index (χ1n) is 9.36. The monoisotopic (exact) mass is 394 g/mol. The summed E-state index contributed by atoms with van der Waals surface area (Å²) in [7, 11) is 1.27. The average Bonchev–Trinajstić information content (AvgIpc) is 2.95. The fraction of sp³-hybridized carbons (Fsp3) is 0.619. The summed E-state index contributed by atoms with van der Waals surface area (Å²) in [5.41, 5.74) is 1.06. The van der Waals surface area contributed by atoms with E-state index in [0.29, 0.717) is 6.61 Å². The van der Waals surface area contributed by atoms with E-state index in [-0.39, 0.29) is 23.4 Å². The lowest BCUT2D eigenvalue weighted by atomic mass is 10.1. The molecule has 0 radical (unpaired) electrons. The molecule has 6 heteroatoms. The number of benzene rings is 1. The van der Waals surface area contributed by atoms with Gasteiger partial charge in [0.15, 0.2) is 14.6 Å². The second-order valence-electron chi connectivity index (χ2n) is 8.41. The molecule has 0 aliphatic carbocycles. The minimum absolute atomic E-state index is 0.0814. The zero-order valence-electron chi connectivity index (χ0n) is 17.7. The lowest BCUT2D eigenvalue weighted by molar-refractivity contribution is -0.139. The zero-order valence-corrected chi connectivity index (χ0v) is 18.7. The van der Waals surface area contributed by atoms with Gasteiger partial charge in [-0.15, -0.1) is 6.58 Å². The third-order valence-corrected chi connectivity index (χ3v) is 9.98. The Kier molecular flexibility index (Phi) is 7.27. The van der Waals surface area contributed by atoms with E-state index in [2.05, 4.69) is 40.4 Å². The summed E-state index contributed by atoms with van der Waals surface area (Å²) >= 11 is 0. The Bertz CT molecular complexity index is 608. The first-order valence-corrected chi connectivity index (χ1v) is 12.3. The molecule has 1 fully saturated rings. The summed E-state index contributed by atoms with van der Waals surface area (Å²) in [6.07, 6.45) is 0.450. The van der Waals surface area contributed by atoms with Crippen LogP contribution >= 0.6 is 0 Å². The van der Waals surface area contributed by atoms with E-state index < -0.39 is 14.6 Å². The highest BCUT2D eigenvalue weighted by molar-refractivity contribution is 6.74. The summed E-state index contributed by atoms with van der Waals surface area (Å²) in [6, 6.07) is 7.84. The van der Waals surface area contributed by atoms with E-state index in [1.807, 2.05) is 24.3 Å². The zero-order chi connectivity index (χ0) is 20.2. The quantitative estimate of drug-likeness (QED) is 0.479. The van der Waals surface area contributed by atoms with Crippen molar-refractivity contribution in [1.82, 2.24) is 0 Å². The van der Waals surface area contributed by atoms with Gasteiger partial charge in [0.25, 0.3) is 0 Å². The molecule has 1 aromatic rings. The number of ether oxygens (including phenoxy) is 4. The van der Waals surface area contributed by atoms with Gasteiger partial charge in [0.05, 0.1) is 13.7 Å². The summed E-state index contributed by atoms with van der Waals surface area (Å²) in [6.45, 7) is 15.5. The fourth-order valence-electron chi connectivity index (χ4n) is 2.77. The Morgan fingerprint density at radius 1 is 1.11 bits per heavy atom. The average molecular weight is 395 g/mol. The Morgan fingerprint density at radius 3 is 2.22 bits per heavy atom. The maximum atomic E-state index is 6.63. The summed E-state index contributed by atoms with van der Waals surface area (Å²) in [4.78, 5) is 0. The van der Waals surface area contributed by atoms with Gasteiger partial charge >= 0.3 is 0 Å². The van der Waals surface area contributed by atoms with Crippen molar-refractivity contribution in [3.63, 3.8) is 0 Å². The molecule has 2 rings (SSSR count). The predicted molar refractivity (Wildman–Crippen MR) is 110 cm³/mol. The van der Waals surface area contributed by atoms with Crippen LogP contribution in [-0.2, 0) is 25.2 Å². The van der Waals surface area contributed by atoms with Gasteiger partial charge in [-0.1, -0.05) is 39.0 Å². The van der Waals surface area contributed by atoms with Crippen LogP contribution in [0.15, 0.2) is 36.9 Å². The van der Waals surface area contributed by atoms with Crippen LogP contribution in [0.25, 0.3) is 0 Å². The van der Waals surface area contributed by atoms with E-state index in [1.165, 1.54) is 0 Å². The van der Waals surface area contributed by atoms with Crippen molar-refractivity contribution in [2.75, 3.05) is 14.2 Å². The first-order chi connectivity index (χ1) is 12.6. The number of hydrogen-bond donors (Lipinski definition) is 0. The molecule has 5 nitrogen and oxygen atoms in total. The Balaban J connectivity index is 2.16. The Morgan fingerprint density at radius 2 is 1.74 bits per heavy atom. The lowest BCUT2D eigenvalue weighted by Crippen LogP contribution is -2.50. The van der Waals surface area contributed by atoms with Crippen molar-refractivity contribution in [2.24, 2.45) is 0 Å². The molecular formula is C21H34O5Si. The van der Waals surface area contributed by atoms with Crippen LogP contribution in [0.2, 0.25) is 18.1 Å². The first kappa shape index (κ1) is 22.1. The highest BCUT2D eigenvalue weighted by Crippen LogP contribution is 2.40. The molecule has 1 aliphatic rings. The number of rotatable bonds is 8. The third-order valence-electron chi connectivity index (χ3n) is 5.51. The largest absolute Gasteiger partial charge is 0.497 e. The lowest BCUT2D eigenvalue weighted by Gasteiger charge is -2.40. The van der Waals surface area contributed by atoms with Gasteiger partial charge in [-0.2, -0.15) is 0 Å². The minimum atomic E-state index is -2.02.